The highest BCUT2D eigenvalue weighted by Crippen LogP contribution is 2.41. The molecule has 1 aromatic rings. The summed E-state index contributed by atoms with van der Waals surface area (Å²) in [5.74, 6) is 1.23. The van der Waals surface area contributed by atoms with Gasteiger partial charge in [-0.05, 0) is 44.2 Å². The zero-order chi connectivity index (χ0) is 12.0. The smallest absolute Gasteiger partial charge is 0.257 e. The van der Waals surface area contributed by atoms with E-state index < -0.39 is 0 Å². The van der Waals surface area contributed by atoms with E-state index in [2.05, 4.69) is 10.1 Å². The summed E-state index contributed by atoms with van der Waals surface area (Å²) in [6, 6.07) is 3.80. The van der Waals surface area contributed by atoms with Gasteiger partial charge in [0.05, 0.1) is 5.92 Å². The fourth-order valence-corrected chi connectivity index (χ4v) is 2.30. The van der Waals surface area contributed by atoms with Gasteiger partial charge in [-0.25, -0.2) is 4.98 Å². The number of carbonyl (C=O) groups is 1. The third-order valence-corrected chi connectivity index (χ3v) is 3.39. The molecule has 0 radical (unpaired) electrons. The molecule has 1 fully saturated rings. The number of amides is 1. The van der Waals surface area contributed by atoms with Crippen molar-refractivity contribution in [2.24, 2.45) is 16.9 Å². The summed E-state index contributed by atoms with van der Waals surface area (Å²) in [5.41, 5.74) is 2.01. The van der Waals surface area contributed by atoms with E-state index in [1.165, 1.54) is 5.01 Å². The van der Waals surface area contributed by atoms with Crippen LogP contribution in [-0.2, 0) is 4.79 Å². The standard InChI is InChI=1S/C13H15N3O/c1-8-3-6-11(14-7-8)16-13(17)12(9(2)15-16)10-4-5-10/h3,6-7,10,12H,4-5H2,1-2H3. The van der Waals surface area contributed by atoms with E-state index in [1.54, 1.807) is 6.20 Å². The van der Waals surface area contributed by atoms with Crippen LogP contribution < -0.4 is 5.01 Å². The number of hydrazone groups is 1. The zero-order valence-electron chi connectivity index (χ0n) is 10.1. The minimum absolute atomic E-state index is 0.00176. The maximum atomic E-state index is 12.3. The molecule has 2 aliphatic rings. The number of hydrogen-bond acceptors (Lipinski definition) is 3. The largest absolute Gasteiger partial charge is 0.272 e. The first-order valence-electron chi connectivity index (χ1n) is 5.98. The second-order valence-corrected chi connectivity index (χ2v) is 4.90. The number of aryl methyl sites for hydroxylation is 1. The highest BCUT2D eigenvalue weighted by Gasteiger charge is 2.44. The molecular formula is C13H15N3O. The second kappa shape index (κ2) is 3.65. The van der Waals surface area contributed by atoms with Gasteiger partial charge in [-0.3, -0.25) is 4.79 Å². The van der Waals surface area contributed by atoms with Gasteiger partial charge in [0.25, 0.3) is 5.91 Å². The first-order valence-corrected chi connectivity index (χ1v) is 5.98. The van der Waals surface area contributed by atoms with Gasteiger partial charge in [0, 0.05) is 11.9 Å². The number of nitrogens with zero attached hydrogens (tertiary/aromatic N) is 3. The summed E-state index contributed by atoms with van der Waals surface area (Å²) in [7, 11) is 0. The van der Waals surface area contributed by atoms with Crippen LogP contribution in [0.1, 0.15) is 25.3 Å². The molecule has 1 amide bonds. The Morgan fingerprint density at radius 2 is 2.06 bits per heavy atom. The van der Waals surface area contributed by atoms with Gasteiger partial charge in [0.2, 0.25) is 0 Å². The summed E-state index contributed by atoms with van der Waals surface area (Å²) < 4.78 is 0. The van der Waals surface area contributed by atoms with E-state index in [0.29, 0.717) is 11.7 Å². The first kappa shape index (κ1) is 10.4. The fraction of sp³-hybridized carbons (Fsp3) is 0.462. The Hall–Kier alpha value is -1.71. The van der Waals surface area contributed by atoms with Gasteiger partial charge in [-0.1, -0.05) is 6.07 Å². The minimum atomic E-state index is -0.00176. The van der Waals surface area contributed by atoms with Gasteiger partial charge in [-0.2, -0.15) is 10.1 Å². The normalized spacial score (nSPS) is 24.1. The predicted octanol–water partition coefficient (Wildman–Crippen LogP) is 2.14. The van der Waals surface area contributed by atoms with Crippen molar-refractivity contribution >= 4 is 17.4 Å². The molecule has 1 aliphatic carbocycles. The minimum Gasteiger partial charge on any atom is -0.272 e. The Balaban J connectivity index is 1.90. The molecule has 3 rings (SSSR count). The van der Waals surface area contributed by atoms with E-state index in [-0.39, 0.29) is 11.8 Å². The number of anilines is 1. The molecule has 1 saturated carbocycles. The number of hydrogen-bond donors (Lipinski definition) is 0. The van der Waals surface area contributed by atoms with Gasteiger partial charge < -0.3 is 0 Å². The van der Waals surface area contributed by atoms with Crippen molar-refractivity contribution in [3.8, 4) is 0 Å². The molecule has 1 atom stereocenters. The third kappa shape index (κ3) is 1.73. The summed E-state index contributed by atoms with van der Waals surface area (Å²) in [6.07, 6.45) is 4.06. The quantitative estimate of drug-likeness (QED) is 0.780. The SMILES string of the molecule is CC1=NN(c2ccc(C)cn2)C(=O)C1C1CC1. The average molecular weight is 229 g/mol. The van der Waals surface area contributed by atoms with E-state index in [0.717, 1.165) is 24.1 Å². The van der Waals surface area contributed by atoms with Gasteiger partial charge >= 0.3 is 0 Å². The highest BCUT2D eigenvalue weighted by molar-refractivity contribution is 6.14. The molecule has 0 aromatic carbocycles. The zero-order valence-corrected chi connectivity index (χ0v) is 10.1. The lowest BCUT2D eigenvalue weighted by molar-refractivity contribution is -0.120. The van der Waals surface area contributed by atoms with Crippen molar-refractivity contribution < 1.29 is 4.79 Å². The van der Waals surface area contributed by atoms with Crippen LogP contribution in [0.25, 0.3) is 0 Å². The molecule has 0 N–H and O–H groups in total. The van der Waals surface area contributed by atoms with Crippen LogP contribution in [-0.4, -0.2) is 16.6 Å². The van der Waals surface area contributed by atoms with E-state index in [9.17, 15) is 4.79 Å². The summed E-state index contributed by atoms with van der Waals surface area (Å²) in [6.45, 7) is 3.92. The maximum absolute atomic E-state index is 12.3. The molecule has 0 saturated heterocycles. The van der Waals surface area contributed by atoms with Crippen molar-refractivity contribution in [2.75, 3.05) is 5.01 Å². The summed E-state index contributed by atoms with van der Waals surface area (Å²) >= 11 is 0. The second-order valence-electron chi connectivity index (χ2n) is 4.90. The molecule has 1 aliphatic heterocycles. The van der Waals surface area contributed by atoms with E-state index in [4.69, 9.17) is 0 Å². The van der Waals surface area contributed by atoms with Crippen LogP contribution in [0.4, 0.5) is 5.82 Å². The van der Waals surface area contributed by atoms with Crippen molar-refractivity contribution in [1.82, 2.24) is 4.98 Å². The van der Waals surface area contributed by atoms with Crippen LogP contribution in [0.5, 0.6) is 0 Å². The average Bonchev–Trinajstić information content (AvgIpc) is 3.08. The third-order valence-electron chi connectivity index (χ3n) is 3.39. The van der Waals surface area contributed by atoms with Crippen molar-refractivity contribution in [2.45, 2.75) is 26.7 Å². The van der Waals surface area contributed by atoms with Crippen molar-refractivity contribution in [1.29, 1.82) is 0 Å². The maximum Gasteiger partial charge on any atom is 0.257 e. The Morgan fingerprint density at radius 3 is 2.65 bits per heavy atom. The van der Waals surface area contributed by atoms with E-state index in [1.807, 2.05) is 26.0 Å². The van der Waals surface area contributed by atoms with E-state index >= 15 is 0 Å². The van der Waals surface area contributed by atoms with Crippen molar-refractivity contribution in [3.05, 3.63) is 23.9 Å². The van der Waals surface area contributed by atoms with Gasteiger partial charge in [0.1, 0.15) is 0 Å². The lowest BCUT2D eigenvalue weighted by Crippen LogP contribution is -2.28. The van der Waals surface area contributed by atoms with Crippen LogP contribution in [0.2, 0.25) is 0 Å². The Kier molecular flexibility index (Phi) is 2.24. The number of pyridine rings is 1. The Labute approximate surface area is 100 Å². The fourth-order valence-electron chi connectivity index (χ4n) is 2.30. The molecule has 0 bridgehead atoms. The van der Waals surface area contributed by atoms with Crippen LogP contribution in [0, 0.1) is 18.8 Å². The molecule has 4 nitrogen and oxygen atoms in total. The Bertz CT molecular complexity index is 488. The first-order chi connectivity index (χ1) is 8.16. The molecule has 1 unspecified atom stereocenters. The molecule has 1 aromatic heterocycles. The van der Waals surface area contributed by atoms with Crippen molar-refractivity contribution in [3.63, 3.8) is 0 Å². The molecular weight excluding hydrogens is 214 g/mol. The molecule has 0 spiro atoms. The van der Waals surface area contributed by atoms with Crippen LogP contribution in [0.3, 0.4) is 0 Å². The monoisotopic (exact) mass is 229 g/mol. The lowest BCUT2D eigenvalue weighted by atomic mass is 9.99. The molecule has 4 heteroatoms. The van der Waals surface area contributed by atoms with Gasteiger partial charge in [0.15, 0.2) is 5.82 Å². The summed E-state index contributed by atoms with van der Waals surface area (Å²) in [4.78, 5) is 16.5. The van der Waals surface area contributed by atoms with Gasteiger partial charge in [-0.15, -0.1) is 0 Å². The molecule has 17 heavy (non-hydrogen) atoms. The Morgan fingerprint density at radius 1 is 1.29 bits per heavy atom. The van der Waals surface area contributed by atoms with Crippen LogP contribution >= 0.6 is 0 Å². The molecule has 88 valence electrons. The number of aromatic nitrogens is 1. The summed E-state index contributed by atoms with van der Waals surface area (Å²) in [5, 5.41) is 5.81. The predicted molar refractivity (Wildman–Crippen MR) is 65.8 cm³/mol. The lowest BCUT2D eigenvalue weighted by Gasteiger charge is -2.12. The number of rotatable bonds is 2. The topological polar surface area (TPSA) is 45.6 Å². The van der Waals surface area contributed by atoms with Crippen LogP contribution in [0.15, 0.2) is 23.4 Å². The number of carbonyl (C=O) groups excluding carboxylic acids is 1. The highest BCUT2D eigenvalue weighted by atomic mass is 16.2. The molecule has 2 heterocycles.